The highest BCUT2D eigenvalue weighted by molar-refractivity contribution is 5.90. The first-order valence-corrected chi connectivity index (χ1v) is 14.3. The van der Waals surface area contributed by atoms with Crippen LogP contribution in [-0.4, -0.2) is 49.1 Å². The lowest BCUT2D eigenvalue weighted by molar-refractivity contribution is -0.252. The average Bonchev–Trinajstić information content (AvgIpc) is 3.48. The van der Waals surface area contributed by atoms with Crippen LogP contribution in [0.15, 0.2) is 11.6 Å². The van der Waals surface area contributed by atoms with Crippen LogP contribution in [0, 0.1) is 57.2 Å². The summed E-state index contributed by atoms with van der Waals surface area (Å²) in [7, 11) is 0. The van der Waals surface area contributed by atoms with Crippen LogP contribution in [0.2, 0.25) is 0 Å². The minimum absolute atomic E-state index is 0.0500. The van der Waals surface area contributed by atoms with Gasteiger partial charge in [-0.25, -0.2) is 0 Å². The largest absolute Gasteiger partial charge is 0.481 e. The van der Waals surface area contributed by atoms with E-state index in [1.54, 1.807) is 0 Å². The van der Waals surface area contributed by atoms with Gasteiger partial charge in [0.1, 0.15) is 11.7 Å². The molecule has 2 heterocycles. The van der Waals surface area contributed by atoms with Gasteiger partial charge in [-0.2, -0.15) is 0 Å². The molecule has 0 spiro atoms. The quantitative estimate of drug-likeness (QED) is 0.403. The predicted octanol–water partition coefficient (Wildman–Crippen LogP) is 5.10. The second-order valence-corrected chi connectivity index (χ2v) is 14.2. The molecule has 2 saturated heterocycles. The van der Waals surface area contributed by atoms with Gasteiger partial charge < -0.3 is 24.1 Å². The number of carboxylic acid groups (broad SMARTS) is 1. The van der Waals surface area contributed by atoms with E-state index in [9.17, 15) is 14.7 Å². The Morgan fingerprint density at radius 3 is 2.64 bits per heavy atom. The molecule has 5 fully saturated rings. The first-order valence-electron chi connectivity index (χ1n) is 14.3. The Morgan fingerprint density at radius 2 is 1.97 bits per heavy atom. The van der Waals surface area contributed by atoms with Gasteiger partial charge in [0.2, 0.25) is 0 Å². The number of ether oxygens (including phenoxy) is 3. The molecular formula is C30H44O6. The summed E-state index contributed by atoms with van der Waals surface area (Å²) < 4.78 is 19.1. The molecule has 3 saturated carbocycles. The van der Waals surface area contributed by atoms with Crippen molar-refractivity contribution in [1.82, 2.24) is 0 Å². The SMILES string of the molecule is CC(C)C1=C[C@H]2C[C@]3(C=O)[C@@H]4CC[C@@H](C)[C@H]4CC2(CO[C@H]2C[C@H]4[C@H](OCC4(C)C)[C@@H](C)O2)C13C(=O)O. The summed E-state index contributed by atoms with van der Waals surface area (Å²) in [5, 5.41) is 11.1. The molecule has 0 aromatic carbocycles. The number of fused-ring (bicyclic) bond motifs is 3. The minimum atomic E-state index is -1.19. The van der Waals surface area contributed by atoms with Gasteiger partial charge in [-0.05, 0) is 67.1 Å². The van der Waals surface area contributed by atoms with Gasteiger partial charge in [-0.15, -0.1) is 0 Å². The summed E-state index contributed by atoms with van der Waals surface area (Å²) in [5.41, 5.74) is -1.62. The number of aldehydes is 1. The maximum absolute atomic E-state index is 13.6. The molecule has 2 unspecified atom stereocenters. The third-order valence-corrected chi connectivity index (χ3v) is 12.0. The van der Waals surface area contributed by atoms with Crippen LogP contribution in [0.3, 0.4) is 0 Å². The van der Waals surface area contributed by atoms with Gasteiger partial charge in [-0.1, -0.05) is 52.7 Å². The summed E-state index contributed by atoms with van der Waals surface area (Å²) in [4.78, 5) is 26.8. The lowest BCUT2D eigenvalue weighted by Gasteiger charge is -2.58. The van der Waals surface area contributed by atoms with Crippen molar-refractivity contribution in [2.24, 2.45) is 57.2 Å². The topological polar surface area (TPSA) is 82.1 Å². The maximum atomic E-state index is 13.6. The van der Waals surface area contributed by atoms with Crippen molar-refractivity contribution in [3.8, 4) is 0 Å². The minimum Gasteiger partial charge on any atom is -0.481 e. The average molecular weight is 501 g/mol. The van der Waals surface area contributed by atoms with Crippen LogP contribution in [0.5, 0.6) is 0 Å². The molecule has 0 aromatic rings. The van der Waals surface area contributed by atoms with Gasteiger partial charge in [0.15, 0.2) is 6.29 Å². The third-order valence-electron chi connectivity index (χ3n) is 12.0. The van der Waals surface area contributed by atoms with E-state index in [4.69, 9.17) is 14.2 Å². The number of hydrogen-bond acceptors (Lipinski definition) is 5. The molecule has 0 radical (unpaired) electrons. The summed E-state index contributed by atoms with van der Waals surface area (Å²) >= 11 is 0. The third kappa shape index (κ3) is 2.79. The van der Waals surface area contributed by atoms with Crippen LogP contribution in [0.4, 0.5) is 0 Å². The Hall–Kier alpha value is -1.24. The highest BCUT2D eigenvalue weighted by Gasteiger charge is 2.84. The normalized spacial score (nSPS) is 52.2. The predicted molar refractivity (Wildman–Crippen MR) is 134 cm³/mol. The van der Waals surface area contributed by atoms with Crippen molar-refractivity contribution in [1.29, 1.82) is 0 Å². The number of carboxylic acids is 1. The van der Waals surface area contributed by atoms with Crippen molar-refractivity contribution in [3.63, 3.8) is 0 Å². The molecule has 6 aliphatic rings. The van der Waals surface area contributed by atoms with Crippen LogP contribution < -0.4 is 0 Å². The highest BCUT2D eigenvalue weighted by Crippen LogP contribution is 2.82. The zero-order valence-electron chi connectivity index (χ0n) is 22.8. The molecule has 0 aromatic heterocycles. The number of carbonyl (C=O) groups is 2. The standard InChI is InChI=1S/C30H44O6/c1-16(2)22-9-19-11-28(13-31)21-8-7-17(3)20(21)12-29(19,30(22,28)26(32)33)15-34-24-10-23-25(18(4)36-24)35-14-27(23,5)6/h9,13,16-21,23-25H,7-8,10-12,14-15H2,1-6H3,(H,32,33)/t17-,18-,19+,20-,21-,23+,24-,25-,28+,29?,30?/m1/s1. The van der Waals surface area contributed by atoms with E-state index < -0.39 is 22.2 Å². The van der Waals surface area contributed by atoms with Crippen LogP contribution in [0.25, 0.3) is 0 Å². The number of carbonyl (C=O) groups excluding carboxylic acids is 1. The van der Waals surface area contributed by atoms with Crippen LogP contribution in [0.1, 0.15) is 73.6 Å². The van der Waals surface area contributed by atoms with E-state index in [0.29, 0.717) is 30.8 Å². The van der Waals surface area contributed by atoms with Crippen LogP contribution >= 0.6 is 0 Å². The molecule has 1 N–H and O–H groups in total. The maximum Gasteiger partial charge on any atom is 0.315 e. The van der Waals surface area contributed by atoms with E-state index in [0.717, 1.165) is 44.1 Å². The first kappa shape index (κ1) is 25.1. The molecule has 6 nitrogen and oxygen atoms in total. The molecule has 6 heteroatoms. The summed E-state index contributed by atoms with van der Waals surface area (Å²) in [6.45, 7) is 14.1. The van der Waals surface area contributed by atoms with E-state index in [1.807, 2.05) is 0 Å². The monoisotopic (exact) mass is 500 g/mol. The lowest BCUT2D eigenvalue weighted by atomic mass is 9.43. The van der Waals surface area contributed by atoms with Crippen molar-refractivity contribution < 1.29 is 28.9 Å². The molecule has 36 heavy (non-hydrogen) atoms. The second-order valence-electron chi connectivity index (χ2n) is 14.2. The number of allylic oxidation sites excluding steroid dienone is 1. The number of aliphatic carboxylic acids is 1. The molecule has 11 atom stereocenters. The van der Waals surface area contributed by atoms with Gasteiger partial charge in [0.05, 0.1) is 30.8 Å². The van der Waals surface area contributed by atoms with Crippen molar-refractivity contribution in [3.05, 3.63) is 11.6 Å². The molecular weight excluding hydrogens is 456 g/mol. The molecule has 0 amide bonds. The Bertz CT molecular complexity index is 986. The van der Waals surface area contributed by atoms with Gasteiger partial charge in [0.25, 0.3) is 0 Å². The summed E-state index contributed by atoms with van der Waals surface area (Å²) in [6.07, 6.45) is 7.21. The number of hydrogen-bond donors (Lipinski definition) is 1. The van der Waals surface area contributed by atoms with E-state index in [1.165, 1.54) is 0 Å². The fourth-order valence-corrected chi connectivity index (χ4v) is 10.5. The van der Waals surface area contributed by atoms with Crippen molar-refractivity contribution in [2.45, 2.75) is 92.1 Å². The van der Waals surface area contributed by atoms with E-state index in [-0.39, 0.29) is 41.7 Å². The fraction of sp³-hybridized carbons (Fsp3) is 0.867. The number of rotatable bonds is 6. The van der Waals surface area contributed by atoms with Gasteiger partial charge >= 0.3 is 5.97 Å². The molecule has 2 aliphatic heterocycles. The highest BCUT2D eigenvalue weighted by atomic mass is 16.7. The Balaban J connectivity index is 1.39. The summed E-state index contributed by atoms with van der Waals surface area (Å²) in [6, 6.07) is 0. The summed E-state index contributed by atoms with van der Waals surface area (Å²) in [5.74, 6) is 0.667. The molecule has 4 aliphatic carbocycles. The zero-order chi connectivity index (χ0) is 25.8. The molecule has 200 valence electrons. The second kappa shape index (κ2) is 7.89. The lowest BCUT2D eigenvalue weighted by Crippen LogP contribution is -2.63. The van der Waals surface area contributed by atoms with Gasteiger partial charge in [-0.3, -0.25) is 4.79 Å². The Labute approximate surface area is 215 Å². The fourth-order valence-electron chi connectivity index (χ4n) is 10.5. The first-order chi connectivity index (χ1) is 16.9. The van der Waals surface area contributed by atoms with Crippen LogP contribution in [-0.2, 0) is 23.8 Å². The van der Waals surface area contributed by atoms with E-state index in [2.05, 4.69) is 47.6 Å². The van der Waals surface area contributed by atoms with Crippen molar-refractivity contribution >= 4 is 12.3 Å². The Morgan fingerprint density at radius 1 is 1.22 bits per heavy atom. The smallest absolute Gasteiger partial charge is 0.315 e. The Kier molecular flexibility index (Phi) is 5.49. The zero-order valence-corrected chi connectivity index (χ0v) is 22.8. The van der Waals surface area contributed by atoms with E-state index >= 15 is 0 Å². The molecule has 4 bridgehead atoms. The van der Waals surface area contributed by atoms with Crippen molar-refractivity contribution in [2.75, 3.05) is 13.2 Å². The molecule has 6 rings (SSSR count). The van der Waals surface area contributed by atoms with Gasteiger partial charge in [0, 0.05) is 11.8 Å².